The Hall–Kier alpha value is -0.660. The molecule has 0 aromatic rings. The van der Waals surface area contributed by atoms with E-state index in [9.17, 15) is 0 Å². The van der Waals surface area contributed by atoms with Gasteiger partial charge in [0.25, 0.3) is 0 Å². The summed E-state index contributed by atoms with van der Waals surface area (Å²) in [6.07, 6.45) is 4.69. The second kappa shape index (κ2) is 2.76. The fourth-order valence-electron chi connectivity index (χ4n) is 0.747. The Morgan fingerprint density at radius 2 is 1.44 bits per heavy atom. The van der Waals surface area contributed by atoms with Crippen LogP contribution in [0.3, 0.4) is 0 Å². The van der Waals surface area contributed by atoms with Crippen molar-refractivity contribution in [3.8, 4) is 0 Å². The molecule has 2 nitrogen and oxygen atoms in total. The van der Waals surface area contributed by atoms with Gasteiger partial charge in [0.15, 0.2) is 0 Å². The van der Waals surface area contributed by atoms with Crippen molar-refractivity contribution in [1.29, 1.82) is 0 Å². The van der Waals surface area contributed by atoms with Gasteiger partial charge in [-0.2, -0.15) is 0 Å². The van der Waals surface area contributed by atoms with Crippen molar-refractivity contribution < 1.29 is 0 Å². The number of nitrogens with zero attached hydrogens (tertiary/aromatic N) is 2. The highest BCUT2D eigenvalue weighted by atomic mass is 15.3. The third kappa shape index (κ3) is 1.37. The van der Waals surface area contributed by atoms with Crippen LogP contribution in [0.1, 0.15) is 14.4 Å². The molecule has 0 bridgehead atoms. The summed E-state index contributed by atoms with van der Waals surface area (Å²) in [5.74, 6) is 0. The minimum Gasteiger partial charge on any atom is -0.359 e. The van der Waals surface area contributed by atoms with E-state index in [0.29, 0.717) is 6.17 Å². The summed E-state index contributed by atoms with van der Waals surface area (Å²) >= 11 is 0. The van der Waals surface area contributed by atoms with Crippen molar-refractivity contribution in [2.24, 2.45) is 0 Å². The molecule has 1 aliphatic heterocycles. The van der Waals surface area contributed by atoms with E-state index in [4.69, 9.17) is 0 Å². The van der Waals surface area contributed by atoms with Crippen LogP contribution >= 0.6 is 0 Å². The van der Waals surface area contributed by atoms with Crippen LogP contribution in [0, 0.1) is 0 Å². The molecule has 54 valence electrons. The lowest BCUT2D eigenvalue weighted by atomic mass is 10.5. The topological polar surface area (TPSA) is 6.48 Å². The fraction of sp³-hybridized carbons (Fsp3) is 0.714. The van der Waals surface area contributed by atoms with Gasteiger partial charge in [-0.1, -0.05) is 7.43 Å². The van der Waals surface area contributed by atoms with Crippen molar-refractivity contribution in [2.45, 2.75) is 20.5 Å². The van der Waals surface area contributed by atoms with Crippen LogP contribution in [-0.2, 0) is 0 Å². The van der Waals surface area contributed by atoms with Crippen molar-refractivity contribution in [3.63, 3.8) is 0 Å². The molecule has 1 heterocycles. The van der Waals surface area contributed by atoms with Gasteiger partial charge in [0, 0.05) is 26.5 Å². The average Bonchev–Trinajstić information content (AvgIpc) is 1.98. The lowest BCUT2D eigenvalue weighted by Gasteiger charge is -2.22. The van der Waals surface area contributed by atoms with Crippen LogP contribution in [0.15, 0.2) is 12.4 Å². The lowest BCUT2D eigenvalue weighted by Crippen LogP contribution is -2.30. The summed E-state index contributed by atoms with van der Waals surface area (Å²) in [7, 11) is 4.15. The van der Waals surface area contributed by atoms with Gasteiger partial charge in [-0.15, -0.1) is 0 Å². The molecule has 9 heavy (non-hydrogen) atoms. The normalized spacial score (nSPS) is 18.6. The number of rotatable bonds is 0. The maximum absolute atomic E-state index is 2.17. The quantitative estimate of drug-likeness (QED) is 0.485. The Labute approximate surface area is 57.8 Å². The third-order valence-electron chi connectivity index (χ3n) is 1.72. The van der Waals surface area contributed by atoms with E-state index in [1.54, 1.807) is 0 Å². The molecule has 0 aromatic heterocycles. The molecule has 0 radical (unpaired) electrons. The molecular formula is C7H16N2. The van der Waals surface area contributed by atoms with Gasteiger partial charge in [-0.25, -0.2) is 0 Å². The van der Waals surface area contributed by atoms with Crippen LogP contribution < -0.4 is 0 Å². The lowest BCUT2D eigenvalue weighted by molar-refractivity contribution is 0.226. The SMILES string of the molecule is C.CC1N(C)C=CN1C. The monoisotopic (exact) mass is 128 g/mol. The fourth-order valence-corrected chi connectivity index (χ4v) is 0.747. The summed E-state index contributed by atoms with van der Waals surface area (Å²) in [4.78, 5) is 4.33. The van der Waals surface area contributed by atoms with E-state index >= 15 is 0 Å². The first-order valence-electron chi connectivity index (χ1n) is 2.84. The Bertz CT molecular complexity index is 97.5. The number of hydrogen-bond donors (Lipinski definition) is 0. The van der Waals surface area contributed by atoms with E-state index in [1.807, 2.05) is 0 Å². The van der Waals surface area contributed by atoms with Crippen molar-refractivity contribution >= 4 is 0 Å². The van der Waals surface area contributed by atoms with E-state index in [0.717, 1.165) is 0 Å². The Morgan fingerprint density at radius 1 is 1.11 bits per heavy atom. The maximum Gasteiger partial charge on any atom is 0.0971 e. The molecule has 0 spiro atoms. The van der Waals surface area contributed by atoms with Crippen LogP contribution in [-0.4, -0.2) is 30.1 Å². The van der Waals surface area contributed by atoms with Crippen molar-refractivity contribution in [3.05, 3.63) is 12.4 Å². The van der Waals surface area contributed by atoms with Crippen LogP contribution in [0.2, 0.25) is 0 Å². The molecular weight excluding hydrogens is 112 g/mol. The van der Waals surface area contributed by atoms with Gasteiger partial charge in [0.1, 0.15) is 0 Å². The Balaban J connectivity index is 0.000000640. The van der Waals surface area contributed by atoms with Gasteiger partial charge in [-0.3, -0.25) is 0 Å². The molecule has 0 atom stereocenters. The highest BCUT2D eigenvalue weighted by Crippen LogP contribution is 2.08. The standard InChI is InChI=1S/C6H12N2.CH4/c1-6-7(2)4-5-8(6)3;/h4-6H,1-3H3;1H4. The van der Waals surface area contributed by atoms with Gasteiger partial charge >= 0.3 is 0 Å². The molecule has 0 amide bonds. The summed E-state index contributed by atoms with van der Waals surface area (Å²) in [5, 5.41) is 0. The second-order valence-corrected chi connectivity index (χ2v) is 2.26. The minimum absolute atomic E-state index is 0. The zero-order valence-electron chi connectivity index (χ0n) is 5.63. The molecule has 0 saturated heterocycles. The summed E-state index contributed by atoms with van der Waals surface area (Å²) < 4.78 is 0. The molecule has 0 fully saturated rings. The van der Waals surface area contributed by atoms with E-state index in [2.05, 4.69) is 43.2 Å². The van der Waals surface area contributed by atoms with Gasteiger partial charge < -0.3 is 9.80 Å². The van der Waals surface area contributed by atoms with Crippen LogP contribution in [0.25, 0.3) is 0 Å². The summed E-state index contributed by atoms with van der Waals surface area (Å²) in [5.41, 5.74) is 0. The minimum atomic E-state index is 0. The zero-order valence-corrected chi connectivity index (χ0v) is 5.63. The largest absolute Gasteiger partial charge is 0.359 e. The molecule has 0 aliphatic carbocycles. The first-order chi connectivity index (χ1) is 3.72. The smallest absolute Gasteiger partial charge is 0.0971 e. The molecule has 0 unspecified atom stereocenters. The first kappa shape index (κ1) is 8.34. The van der Waals surface area contributed by atoms with E-state index in [1.165, 1.54) is 0 Å². The molecule has 0 N–H and O–H groups in total. The predicted octanol–water partition coefficient (Wildman–Crippen LogP) is 1.32. The van der Waals surface area contributed by atoms with Crippen LogP contribution in [0.5, 0.6) is 0 Å². The highest BCUT2D eigenvalue weighted by molar-refractivity contribution is 4.91. The highest BCUT2D eigenvalue weighted by Gasteiger charge is 2.12. The molecule has 0 aromatic carbocycles. The van der Waals surface area contributed by atoms with Crippen LogP contribution in [0.4, 0.5) is 0 Å². The zero-order chi connectivity index (χ0) is 6.15. The van der Waals surface area contributed by atoms with Gasteiger partial charge in [0.2, 0.25) is 0 Å². The third-order valence-corrected chi connectivity index (χ3v) is 1.72. The van der Waals surface area contributed by atoms with E-state index in [-0.39, 0.29) is 7.43 Å². The Kier molecular flexibility index (Phi) is 2.56. The second-order valence-electron chi connectivity index (χ2n) is 2.26. The van der Waals surface area contributed by atoms with Crippen molar-refractivity contribution in [1.82, 2.24) is 9.80 Å². The van der Waals surface area contributed by atoms with E-state index < -0.39 is 0 Å². The first-order valence-corrected chi connectivity index (χ1v) is 2.84. The predicted molar refractivity (Wildman–Crippen MR) is 40.9 cm³/mol. The van der Waals surface area contributed by atoms with Gasteiger partial charge in [-0.05, 0) is 6.92 Å². The van der Waals surface area contributed by atoms with Gasteiger partial charge in [0.05, 0.1) is 6.17 Å². The number of hydrogen-bond acceptors (Lipinski definition) is 2. The molecule has 1 aliphatic rings. The Morgan fingerprint density at radius 3 is 1.56 bits per heavy atom. The molecule has 2 heteroatoms. The summed E-state index contributed by atoms with van der Waals surface area (Å²) in [6, 6.07) is 0. The molecule has 1 rings (SSSR count). The maximum atomic E-state index is 2.17. The molecule has 0 saturated carbocycles. The summed E-state index contributed by atoms with van der Waals surface area (Å²) in [6.45, 7) is 2.17. The average molecular weight is 128 g/mol. The van der Waals surface area contributed by atoms with Crippen molar-refractivity contribution in [2.75, 3.05) is 14.1 Å².